The van der Waals surface area contributed by atoms with Crippen molar-refractivity contribution >= 4 is 11.8 Å². The van der Waals surface area contributed by atoms with E-state index in [2.05, 4.69) is 11.8 Å². The monoisotopic (exact) mass is 183 g/mol. The molecule has 1 fully saturated rings. The quantitative estimate of drug-likeness (QED) is 0.677. The Morgan fingerprint density at radius 2 is 2.50 bits per heavy atom. The summed E-state index contributed by atoms with van der Waals surface area (Å²) in [5.41, 5.74) is 6.03. The van der Waals surface area contributed by atoms with Gasteiger partial charge in [0.25, 0.3) is 0 Å². The molecular weight excluding hydrogens is 166 g/mol. The van der Waals surface area contributed by atoms with Crippen molar-refractivity contribution in [2.24, 2.45) is 5.73 Å². The van der Waals surface area contributed by atoms with E-state index in [9.17, 15) is 0 Å². The Bertz CT molecular complexity index is 174. The first kappa shape index (κ1) is 9.95. The van der Waals surface area contributed by atoms with E-state index in [1.54, 1.807) is 0 Å². The van der Waals surface area contributed by atoms with Gasteiger partial charge in [-0.05, 0) is 31.9 Å². The lowest BCUT2D eigenvalue weighted by Crippen LogP contribution is -2.30. The minimum Gasteiger partial charge on any atom is -0.327 e. The summed E-state index contributed by atoms with van der Waals surface area (Å²) >= 11 is 2.04. The van der Waals surface area contributed by atoms with Crippen LogP contribution in [0.1, 0.15) is 32.6 Å². The molecule has 0 aromatic carbocycles. The van der Waals surface area contributed by atoms with E-state index < -0.39 is 0 Å². The molecule has 2 unspecified atom stereocenters. The molecule has 1 aliphatic heterocycles. The van der Waals surface area contributed by atoms with E-state index in [4.69, 9.17) is 5.73 Å². The second-order valence-electron chi connectivity index (χ2n) is 3.18. The molecule has 0 aliphatic carbocycles. The summed E-state index contributed by atoms with van der Waals surface area (Å²) < 4.78 is 0. The van der Waals surface area contributed by atoms with E-state index in [1.165, 1.54) is 18.6 Å². The zero-order chi connectivity index (χ0) is 8.81. The lowest BCUT2D eigenvalue weighted by Gasteiger charge is -2.16. The summed E-state index contributed by atoms with van der Waals surface area (Å²) in [4.78, 5) is 0. The average Bonchev–Trinajstić information content (AvgIpc) is 2.56. The van der Waals surface area contributed by atoms with Gasteiger partial charge < -0.3 is 5.73 Å². The van der Waals surface area contributed by atoms with Gasteiger partial charge in [0.15, 0.2) is 0 Å². The molecular formula is C10H17NS. The molecule has 1 aliphatic rings. The van der Waals surface area contributed by atoms with Crippen molar-refractivity contribution in [3.63, 3.8) is 0 Å². The highest BCUT2D eigenvalue weighted by molar-refractivity contribution is 8.00. The molecule has 1 rings (SSSR count). The molecule has 1 heterocycles. The second kappa shape index (κ2) is 5.50. The molecule has 0 aromatic heterocycles. The van der Waals surface area contributed by atoms with Crippen LogP contribution in [0.2, 0.25) is 0 Å². The first-order chi connectivity index (χ1) is 5.84. The van der Waals surface area contributed by atoms with Crippen molar-refractivity contribution in [3.8, 4) is 11.8 Å². The van der Waals surface area contributed by atoms with Gasteiger partial charge in [-0.1, -0.05) is 0 Å². The van der Waals surface area contributed by atoms with Gasteiger partial charge in [-0.25, -0.2) is 0 Å². The Kier molecular flexibility index (Phi) is 4.57. The van der Waals surface area contributed by atoms with Crippen LogP contribution in [-0.4, -0.2) is 17.0 Å². The maximum absolute atomic E-state index is 6.03. The lowest BCUT2D eigenvalue weighted by atomic mass is 10.1. The first-order valence-corrected chi connectivity index (χ1v) is 5.66. The molecule has 2 heteroatoms. The zero-order valence-corrected chi connectivity index (χ0v) is 8.49. The normalized spacial score (nSPS) is 24.7. The van der Waals surface area contributed by atoms with Gasteiger partial charge in [-0.2, -0.15) is 11.8 Å². The smallest absolute Gasteiger partial charge is 0.0199 e. The predicted octanol–water partition coefficient (Wildman–Crippen LogP) is 2.01. The van der Waals surface area contributed by atoms with Gasteiger partial charge in [0.05, 0.1) is 0 Å². The Balaban J connectivity index is 2.16. The summed E-state index contributed by atoms with van der Waals surface area (Å²) in [7, 11) is 0. The zero-order valence-electron chi connectivity index (χ0n) is 7.68. The lowest BCUT2D eigenvalue weighted by molar-refractivity contribution is 0.579. The maximum atomic E-state index is 6.03. The van der Waals surface area contributed by atoms with Crippen LogP contribution in [0.15, 0.2) is 0 Å². The third-order valence-corrected chi connectivity index (χ3v) is 3.76. The third-order valence-electron chi connectivity index (χ3n) is 2.22. The molecule has 0 aromatic rings. The fraction of sp³-hybridized carbons (Fsp3) is 0.800. The number of hydrogen-bond donors (Lipinski definition) is 1. The van der Waals surface area contributed by atoms with E-state index in [0.717, 1.165) is 12.8 Å². The van der Waals surface area contributed by atoms with Crippen LogP contribution in [0.3, 0.4) is 0 Å². The van der Waals surface area contributed by atoms with Crippen LogP contribution in [0, 0.1) is 11.8 Å². The highest BCUT2D eigenvalue weighted by Crippen LogP contribution is 2.29. The van der Waals surface area contributed by atoms with Gasteiger partial charge in [0.1, 0.15) is 0 Å². The van der Waals surface area contributed by atoms with Crippen LogP contribution in [0.25, 0.3) is 0 Å². The van der Waals surface area contributed by atoms with Crippen LogP contribution in [-0.2, 0) is 0 Å². The number of thioether (sulfide) groups is 1. The minimum absolute atomic E-state index is 0.373. The summed E-state index contributed by atoms with van der Waals surface area (Å²) in [6.45, 7) is 1.88. The van der Waals surface area contributed by atoms with Gasteiger partial charge in [0, 0.05) is 17.7 Å². The van der Waals surface area contributed by atoms with Gasteiger partial charge >= 0.3 is 0 Å². The van der Waals surface area contributed by atoms with E-state index >= 15 is 0 Å². The molecule has 2 N–H and O–H groups in total. The van der Waals surface area contributed by atoms with Crippen molar-refractivity contribution < 1.29 is 0 Å². The van der Waals surface area contributed by atoms with Crippen molar-refractivity contribution in [3.05, 3.63) is 0 Å². The number of hydrogen-bond acceptors (Lipinski definition) is 2. The van der Waals surface area contributed by atoms with Gasteiger partial charge in [0.2, 0.25) is 0 Å². The summed E-state index contributed by atoms with van der Waals surface area (Å²) in [6, 6.07) is 0.373. The number of rotatable bonds is 3. The van der Waals surface area contributed by atoms with Gasteiger partial charge in [-0.3, -0.25) is 0 Å². The molecule has 0 spiro atoms. The fourth-order valence-corrected chi connectivity index (χ4v) is 2.84. The summed E-state index contributed by atoms with van der Waals surface area (Å²) in [5.74, 6) is 7.27. The Morgan fingerprint density at radius 3 is 3.08 bits per heavy atom. The second-order valence-corrected chi connectivity index (χ2v) is 4.53. The average molecular weight is 183 g/mol. The molecule has 0 amide bonds. The third kappa shape index (κ3) is 3.08. The summed E-state index contributed by atoms with van der Waals surface area (Å²) in [6.07, 6.45) is 4.70. The SMILES string of the molecule is CC#CCCC(N)C1CCCS1. The molecule has 68 valence electrons. The van der Waals surface area contributed by atoms with E-state index in [-0.39, 0.29) is 0 Å². The van der Waals surface area contributed by atoms with Crippen molar-refractivity contribution in [1.82, 2.24) is 0 Å². The Labute approximate surface area is 79.5 Å². The fourth-order valence-electron chi connectivity index (χ4n) is 1.49. The first-order valence-electron chi connectivity index (χ1n) is 4.61. The minimum atomic E-state index is 0.373. The van der Waals surface area contributed by atoms with Crippen LogP contribution >= 0.6 is 11.8 Å². The highest BCUT2D eigenvalue weighted by atomic mass is 32.2. The molecule has 0 saturated carbocycles. The standard InChI is InChI=1S/C10H17NS/c1-2-3-4-6-9(11)10-7-5-8-12-10/h9-10H,4-8,11H2,1H3. The predicted molar refractivity (Wildman–Crippen MR) is 56.1 cm³/mol. The molecule has 1 nitrogen and oxygen atoms in total. The number of nitrogens with two attached hydrogens (primary N) is 1. The molecule has 2 atom stereocenters. The van der Waals surface area contributed by atoms with E-state index in [1.807, 2.05) is 18.7 Å². The highest BCUT2D eigenvalue weighted by Gasteiger charge is 2.21. The maximum Gasteiger partial charge on any atom is 0.0199 e. The molecule has 1 saturated heterocycles. The Hall–Kier alpha value is -0.130. The molecule has 0 radical (unpaired) electrons. The van der Waals surface area contributed by atoms with Crippen molar-refractivity contribution in [2.75, 3.05) is 5.75 Å². The van der Waals surface area contributed by atoms with E-state index in [0.29, 0.717) is 11.3 Å². The van der Waals surface area contributed by atoms with Gasteiger partial charge in [-0.15, -0.1) is 11.8 Å². The van der Waals surface area contributed by atoms with Crippen LogP contribution in [0.4, 0.5) is 0 Å². The van der Waals surface area contributed by atoms with Crippen molar-refractivity contribution in [2.45, 2.75) is 43.9 Å². The Morgan fingerprint density at radius 1 is 1.67 bits per heavy atom. The summed E-state index contributed by atoms with van der Waals surface area (Å²) in [5, 5.41) is 0.712. The largest absolute Gasteiger partial charge is 0.327 e. The molecule has 0 bridgehead atoms. The molecule has 12 heavy (non-hydrogen) atoms. The van der Waals surface area contributed by atoms with Crippen LogP contribution < -0.4 is 5.73 Å². The topological polar surface area (TPSA) is 26.0 Å². The van der Waals surface area contributed by atoms with Crippen molar-refractivity contribution in [1.29, 1.82) is 0 Å². The van der Waals surface area contributed by atoms with Crippen LogP contribution in [0.5, 0.6) is 0 Å².